The molecule has 2 aliphatic heterocycles. The largest absolute Gasteiger partial charge is 0.416 e. The number of ether oxygens (including phenoxy) is 1. The van der Waals surface area contributed by atoms with E-state index in [1.165, 1.54) is 17.2 Å². The number of benzene rings is 1. The van der Waals surface area contributed by atoms with Crippen LogP contribution in [-0.2, 0) is 17.5 Å². The smallest absolute Gasteiger partial charge is 0.369 e. The van der Waals surface area contributed by atoms with Crippen molar-refractivity contribution in [2.24, 2.45) is 0 Å². The summed E-state index contributed by atoms with van der Waals surface area (Å²) in [4.78, 5) is 25.0. The molecule has 2 amide bonds. The second-order valence-electron chi connectivity index (χ2n) is 11.9. The highest BCUT2D eigenvalue weighted by Crippen LogP contribution is 2.35. The number of piperidine rings is 1. The predicted molar refractivity (Wildman–Crippen MR) is 152 cm³/mol. The van der Waals surface area contributed by atoms with E-state index in [0.717, 1.165) is 32.0 Å². The molecule has 2 aromatic heterocycles. The fourth-order valence-corrected chi connectivity index (χ4v) is 5.19. The summed E-state index contributed by atoms with van der Waals surface area (Å²) >= 11 is 0. The van der Waals surface area contributed by atoms with E-state index >= 15 is 0 Å². The van der Waals surface area contributed by atoms with E-state index < -0.39 is 17.8 Å². The first kappa shape index (κ1) is 29.8. The van der Waals surface area contributed by atoms with Crippen molar-refractivity contribution in [2.75, 3.05) is 38.5 Å². The normalized spacial score (nSPS) is 17.3. The minimum atomic E-state index is -4.62. The molecule has 2 saturated heterocycles. The van der Waals surface area contributed by atoms with Gasteiger partial charge in [-0.15, -0.1) is 0 Å². The minimum Gasteiger partial charge on any atom is -0.369 e. The lowest BCUT2D eigenvalue weighted by Crippen LogP contribution is -2.59. The van der Waals surface area contributed by atoms with Crippen molar-refractivity contribution in [1.82, 2.24) is 34.9 Å². The van der Waals surface area contributed by atoms with Crippen LogP contribution in [0.4, 0.5) is 29.6 Å². The maximum Gasteiger partial charge on any atom is 0.416 e. The molecule has 226 valence electrons. The lowest BCUT2D eigenvalue weighted by molar-refractivity contribution is -0.138. The van der Waals surface area contributed by atoms with Gasteiger partial charge in [0.1, 0.15) is 0 Å². The highest BCUT2D eigenvalue weighted by molar-refractivity contribution is 5.75. The van der Waals surface area contributed by atoms with Crippen LogP contribution in [0.3, 0.4) is 0 Å². The summed E-state index contributed by atoms with van der Waals surface area (Å²) in [6.45, 7) is 8.36. The molecule has 4 heterocycles. The number of hydrogen-bond acceptors (Lipinski definition) is 7. The maximum absolute atomic E-state index is 14.1. The Bertz CT molecular complexity index is 1390. The van der Waals surface area contributed by atoms with Crippen LogP contribution in [0.15, 0.2) is 42.9 Å². The molecule has 5 rings (SSSR count). The van der Waals surface area contributed by atoms with Gasteiger partial charge in [-0.05, 0) is 71.4 Å². The number of urea groups is 1. The third kappa shape index (κ3) is 7.37. The summed E-state index contributed by atoms with van der Waals surface area (Å²) in [6, 6.07) is 5.45. The summed E-state index contributed by atoms with van der Waals surface area (Å²) in [6.07, 6.45) is 2.41. The molecular formula is C29H37F3N8O2. The maximum atomic E-state index is 14.1. The number of likely N-dealkylation sites (tertiary alicyclic amines) is 2. The molecule has 3 aromatic rings. The van der Waals surface area contributed by atoms with Gasteiger partial charge in [-0.25, -0.2) is 14.8 Å². The van der Waals surface area contributed by atoms with Crippen LogP contribution in [0.2, 0.25) is 0 Å². The fraction of sp³-hybridized carbons (Fsp3) is 0.517. The molecule has 0 unspecified atom stereocenters. The molecule has 0 atom stereocenters. The fourth-order valence-electron chi connectivity index (χ4n) is 5.19. The van der Waals surface area contributed by atoms with E-state index in [4.69, 9.17) is 4.74 Å². The van der Waals surface area contributed by atoms with Crippen molar-refractivity contribution >= 4 is 17.7 Å². The molecule has 0 saturated carbocycles. The number of alkyl halides is 3. The van der Waals surface area contributed by atoms with Gasteiger partial charge in [0, 0.05) is 24.5 Å². The van der Waals surface area contributed by atoms with Gasteiger partial charge in [-0.1, -0.05) is 12.1 Å². The summed E-state index contributed by atoms with van der Waals surface area (Å²) in [5.74, 6) is 0.253. The number of halogens is 3. The molecule has 2 aliphatic rings. The van der Waals surface area contributed by atoms with Gasteiger partial charge < -0.3 is 25.2 Å². The number of nitrogens with one attached hydrogen (secondary N) is 2. The average Bonchev–Trinajstić information content (AvgIpc) is 3.37. The number of carbonyl (C=O) groups is 1. The lowest BCUT2D eigenvalue weighted by atomic mass is 10.0. The van der Waals surface area contributed by atoms with Crippen molar-refractivity contribution in [3.05, 3.63) is 54.0 Å². The molecule has 13 heteroatoms. The standard InChI is InChI=1S/C29H37F3N8O2/c1-28(2,3)42-23-17-39(18-23)27(41)34-14-20-6-5-19(13-24(20)29(30,31)32)25-7-10-33-26(37-25)36-21-15-35-40(16-21)22-8-11-38(4)12-9-22/h5-7,10,13,15-16,22-23H,8-9,11-12,14,17-18H2,1-4H3,(H,34,41)(H,33,36,37). The van der Waals surface area contributed by atoms with E-state index in [1.807, 2.05) is 31.6 Å². The number of rotatable bonds is 7. The second-order valence-corrected chi connectivity index (χ2v) is 11.9. The Morgan fingerprint density at radius 2 is 1.86 bits per heavy atom. The summed E-state index contributed by atoms with van der Waals surface area (Å²) in [5, 5.41) is 10.2. The summed E-state index contributed by atoms with van der Waals surface area (Å²) < 4.78 is 49.9. The minimum absolute atomic E-state index is 0.0312. The first-order valence-electron chi connectivity index (χ1n) is 14.1. The number of amides is 2. The van der Waals surface area contributed by atoms with Crippen LogP contribution in [0.5, 0.6) is 0 Å². The van der Waals surface area contributed by atoms with Gasteiger partial charge in [0.05, 0.1) is 54.0 Å². The zero-order valence-electron chi connectivity index (χ0n) is 24.3. The van der Waals surface area contributed by atoms with Crippen molar-refractivity contribution in [3.8, 4) is 11.3 Å². The van der Waals surface area contributed by atoms with Crippen molar-refractivity contribution in [2.45, 2.75) is 64.1 Å². The average molecular weight is 587 g/mol. The van der Waals surface area contributed by atoms with Crippen LogP contribution < -0.4 is 10.6 Å². The Morgan fingerprint density at radius 3 is 2.55 bits per heavy atom. The quantitative estimate of drug-likeness (QED) is 0.398. The number of carbonyl (C=O) groups excluding carboxylic acids is 1. The van der Waals surface area contributed by atoms with E-state index in [2.05, 4.69) is 37.6 Å². The molecule has 10 nitrogen and oxygen atoms in total. The Morgan fingerprint density at radius 1 is 1.12 bits per heavy atom. The van der Waals surface area contributed by atoms with E-state index in [-0.39, 0.29) is 35.3 Å². The van der Waals surface area contributed by atoms with Crippen LogP contribution in [0.1, 0.15) is 50.8 Å². The topological polar surface area (TPSA) is 100 Å². The Kier molecular flexibility index (Phi) is 8.42. The highest BCUT2D eigenvalue weighted by Gasteiger charge is 2.36. The molecule has 2 fully saturated rings. The molecular weight excluding hydrogens is 549 g/mol. The Balaban J connectivity index is 1.24. The summed E-state index contributed by atoms with van der Waals surface area (Å²) in [7, 11) is 2.10. The second kappa shape index (κ2) is 11.9. The van der Waals surface area contributed by atoms with Gasteiger partial charge in [0.25, 0.3) is 0 Å². The zero-order valence-corrected chi connectivity index (χ0v) is 24.3. The lowest BCUT2D eigenvalue weighted by Gasteiger charge is -2.41. The van der Waals surface area contributed by atoms with Gasteiger partial charge in [0.15, 0.2) is 0 Å². The van der Waals surface area contributed by atoms with Gasteiger partial charge in [-0.3, -0.25) is 4.68 Å². The number of aromatic nitrogens is 4. The molecule has 0 spiro atoms. The van der Waals surface area contributed by atoms with Crippen molar-refractivity contribution in [1.29, 1.82) is 0 Å². The SMILES string of the molecule is CN1CCC(n2cc(Nc3nccc(-c4ccc(CNC(=O)N5CC(OC(C)(C)C)C5)c(C(F)(F)F)c4)n3)cn2)CC1. The molecule has 42 heavy (non-hydrogen) atoms. The molecule has 0 radical (unpaired) electrons. The molecule has 2 N–H and O–H groups in total. The summed E-state index contributed by atoms with van der Waals surface area (Å²) in [5.41, 5.74) is 0.136. The van der Waals surface area contributed by atoms with Gasteiger partial charge >= 0.3 is 12.2 Å². The Hall–Kier alpha value is -3.71. The molecule has 1 aromatic carbocycles. The number of anilines is 2. The van der Waals surface area contributed by atoms with Crippen LogP contribution >= 0.6 is 0 Å². The first-order valence-corrected chi connectivity index (χ1v) is 14.1. The zero-order chi connectivity index (χ0) is 30.1. The number of nitrogens with zero attached hydrogens (tertiary/aromatic N) is 6. The third-order valence-electron chi connectivity index (χ3n) is 7.37. The van der Waals surface area contributed by atoms with Crippen molar-refractivity contribution < 1.29 is 22.7 Å². The van der Waals surface area contributed by atoms with E-state index in [1.54, 1.807) is 18.3 Å². The predicted octanol–water partition coefficient (Wildman–Crippen LogP) is 5.08. The first-order chi connectivity index (χ1) is 19.8. The Labute approximate surface area is 243 Å². The van der Waals surface area contributed by atoms with Crippen LogP contribution in [0, 0.1) is 0 Å². The van der Waals surface area contributed by atoms with Gasteiger partial charge in [-0.2, -0.15) is 18.3 Å². The molecule has 0 bridgehead atoms. The highest BCUT2D eigenvalue weighted by atomic mass is 19.4. The van der Waals surface area contributed by atoms with Crippen molar-refractivity contribution in [3.63, 3.8) is 0 Å². The van der Waals surface area contributed by atoms with Crippen LogP contribution in [0.25, 0.3) is 11.3 Å². The van der Waals surface area contributed by atoms with E-state index in [0.29, 0.717) is 30.5 Å². The monoisotopic (exact) mass is 586 g/mol. The van der Waals surface area contributed by atoms with E-state index in [9.17, 15) is 18.0 Å². The van der Waals surface area contributed by atoms with Gasteiger partial charge in [0.2, 0.25) is 5.95 Å². The number of hydrogen-bond donors (Lipinski definition) is 2. The third-order valence-corrected chi connectivity index (χ3v) is 7.37. The van der Waals surface area contributed by atoms with Crippen LogP contribution in [-0.4, -0.2) is 80.5 Å². The molecule has 0 aliphatic carbocycles.